The zero-order valence-corrected chi connectivity index (χ0v) is 19.6. The number of amides is 1. The number of nitrogen functional groups attached to an aromatic ring is 1. The maximum Gasteiger partial charge on any atom is 0.248 e. The second kappa shape index (κ2) is 11.5. The van der Waals surface area contributed by atoms with Gasteiger partial charge in [-0.15, -0.1) is 0 Å². The van der Waals surface area contributed by atoms with Crippen LogP contribution in [0, 0.1) is 0 Å². The van der Waals surface area contributed by atoms with Crippen LogP contribution in [0.15, 0.2) is 60.7 Å². The fraction of sp³-hybridized carbons (Fsp3) is 0.148. The monoisotopic (exact) mass is 460 g/mol. The molecule has 0 spiro atoms. The first-order valence-electron chi connectivity index (χ1n) is 10.5. The van der Waals surface area contributed by atoms with Crippen LogP contribution in [0.1, 0.15) is 16.7 Å². The average molecular weight is 461 g/mol. The van der Waals surface area contributed by atoms with Crippen molar-refractivity contribution >= 4 is 35.5 Å². The zero-order chi connectivity index (χ0) is 24.5. The summed E-state index contributed by atoms with van der Waals surface area (Å²) in [4.78, 5) is 12.4. The Kier molecular flexibility index (Phi) is 8.18. The van der Waals surface area contributed by atoms with Crippen molar-refractivity contribution in [3.63, 3.8) is 0 Å². The lowest BCUT2D eigenvalue weighted by molar-refractivity contribution is -0.111. The average Bonchev–Trinajstić information content (AvgIpc) is 2.86. The number of nitrogens with two attached hydrogens (primary N) is 1. The highest BCUT2D eigenvalue weighted by Crippen LogP contribution is 2.38. The van der Waals surface area contributed by atoms with Crippen LogP contribution in [0.4, 0.5) is 11.4 Å². The molecule has 1 amide bonds. The normalized spacial score (nSPS) is 10.9. The highest BCUT2D eigenvalue weighted by molar-refractivity contribution is 6.02. The minimum atomic E-state index is -0.249. The molecule has 176 valence electrons. The molecule has 3 aromatic carbocycles. The van der Waals surface area contributed by atoms with E-state index >= 15 is 0 Å². The summed E-state index contributed by atoms with van der Waals surface area (Å²) >= 11 is 0. The van der Waals surface area contributed by atoms with Crippen molar-refractivity contribution in [1.82, 2.24) is 0 Å². The molecular formula is C27H28N2O5. The van der Waals surface area contributed by atoms with E-state index in [0.717, 1.165) is 16.7 Å². The van der Waals surface area contributed by atoms with Crippen LogP contribution in [-0.4, -0.2) is 34.3 Å². The SMILES string of the molecule is COc1cc(/C=C/C(=O)Nc2cccc(/C=C/c3cc(OC)c(OC)c(OC)c3)c2)ccc1N. The van der Waals surface area contributed by atoms with Gasteiger partial charge in [-0.2, -0.15) is 0 Å². The zero-order valence-electron chi connectivity index (χ0n) is 19.6. The van der Waals surface area contributed by atoms with E-state index in [1.54, 1.807) is 46.6 Å². The lowest BCUT2D eigenvalue weighted by atomic mass is 10.1. The largest absolute Gasteiger partial charge is 0.495 e. The number of methoxy groups -OCH3 is 4. The molecule has 3 rings (SSSR count). The van der Waals surface area contributed by atoms with Gasteiger partial charge in [-0.3, -0.25) is 4.79 Å². The van der Waals surface area contributed by atoms with E-state index in [2.05, 4.69) is 5.32 Å². The topological polar surface area (TPSA) is 92.0 Å². The van der Waals surface area contributed by atoms with E-state index in [1.807, 2.05) is 54.6 Å². The Morgan fingerprint density at radius 2 is 1.35 bits per heavy atom. The summed E-state index contributed by atoms with van der Waals surface area (Å²) < 4.78 is 21.4. The Bertz CT molecular complexity index is 1190. The minimum Gasteiger partial charge on any atom is -0.495 e. The van der Waals surface area contributed by atoms with Crippen molar-refractivity contribution in [3.05, 3.63) is 77.4 Å². The number of rotatable bonds is 9. The van der Waals surface area contributed by atoms with Gasteiger partial charge in [0, 0.05) is 11.8 Å². The molecule has 0 atom stereocenters. The number of carbonyl (C=O) groups excluding carboxylic acids is 1. The summed E-state index contributed by atoms with van der Waals surface area (Å²) in [5, 5.41) is 2.87. The predicted molar refractivity (Wildman–Crippen MR) is 137 cm³/mol. The second-order valence-electron chi connectivity index (χ2n) is 7.24. The van der Waals surface area contributed by atoms with Gasteiger partial charge in [0.15, 0.2) is 11.5 Å². The van der Waals surface area contributed by atoms with Crippen molar-refractivity contribution in [2.45, 2.75) is 0 Å². The van der Waals surface area contributed by atoms with E-state index in [-0.39, 0.29) is 5.91 Å². The van der Waals surface area contributed by atoms with Gasteiger partial charge in [0.25, 0.3) is 0 Å². The first-order valence-corrected chi connectivity index (χ1v) is 10.5. The molecule has 0 saturated heterocycles. The fourth-order valence-electron chi connectivity index (χ4n) is 3.30. The Balaban J connectivity index is 1.71. The van der Waals surface area contributed by atoms with Crippen molar-refractivity contribution < 1.29 is 23.7 Å². The molecule has 0 unspecified atom stereocenters. The van der Waals surface area contributed by atoms with Gasteiger partial charge in [-0.25, -0.2) is 0 Å². The Morgan fingerprint density at radius 3 is 2.00 bits per heavy atom. The molecule has 0 heterocycles. The van der Waals surface area contributed by atoms with Gasteiger partial charge in [0.1, 0.15) is 5.75 Å². The van der Waals surface area contributed by atoms with Crippen molar-refractivity contribution in [3.8, 4) is 23.0 Å². The molecule has 7 nitrogen and oxygen atoms in total. The standard InChI is InChI=1S/C27H28N2O5/c1-31-23-15-19(10-12-22(23)28)11-13-26(30)29-21-7-5-6-18(14-21)8-9-20-16-24(32-2)27(34-4)25(17-20)33-3/h5-17H,28H2,1-4H3,(H,29,30)/b9-8+,13-11+. The summed E-state index contributed by atoms with van der Waals surface area (Å²) in [7, 11) is 6.27. The molecular weight excluding hydrogens is 432 g/mol. The fourth-order valence-corrected chi connectivity index (χ4v) is 3.30. The van der Waals surface area contributed by atoms with Gasteiger partial charge in [0.05, 0.1) is 34.1 Å². The van der Waals surface area contributed by atoms with Crippen LogP contribution in [0.25, 0.3) is 18.2 Å². The van der Waals surface area contributed by atoms with Gasteiger partial charge in [0.2, 0.25) is 11.7 Å². The molecule has 0 aliphatic carbocycles. The third-order valence-electron chi connectivity index (χ3n) is 4.99. The smallest absolute Gasteiger partial charge is 0.248 e. The molecule has 34 heavy (non-hydrogen) atoms. The van der Waals surface area contributed by atoms with Crippen molar-refractivity contribution in [1.29, 1.82) is 0 Å². The van der Waals surface area contributed by atoms with Crippen LogP contribution >= 0.6 is 0 Å². The van der Waals surface area contributed by atoms with Crippen LogP contribution in [-0.2, 0) is 4.79 Å². The summed E-state index contributed by atoms with van der Waals surface area (Å²) in [6.07, 6.45) is 7.03. The number of hydrogen-bond donors (Lipinski definition) is 2. The molecule has 7 heteroatoms. The molecule has 0 saturated carbocycles. The summed E-state index contributed by atoms with van der Waals surface area (Å²) in [5.74, 6) is 2.01. The van der Waals surface area contributed by atoms with E-state index in [1.165, 1.54) is 6.08 Å². The lowest BCUT2D eigenvalue weighted by Crippen LogP contribution is -2.07. The second-order valence-corrected chi connectivity index (χ2v) is 7.24. The Hall–Kier alpha value is -4.39. The molecule has 0 aliphatic rings. The number of hydrogen-bond acceptors (Lipinski definition) is 6. The van der Waals surface area contributed by atoms with Crippen LogP contribution in [0.2, 0.25) is 0 Å². The summed E-state index contributed by atoms with van der Waals surface area (Å²) in [5.41, 5.74) is 9.65. The minimum absolute atomic E-state index is 0.249. The Labute approximate surface area is 199 Å². The van der Waals surface area contributed by atoms with E-state index < -0.39 is 0 Å². The molecule has 3 aromatic rings. The van der Waals surface area contributed by atoms with E-state index in [0.29, 0.717) is 34.4 Å². The first-order chi connectivity index (χ1) is 16.5. The molecule has 0 aliphatic heterocycles. The predicted octanol–water partition coefficient (Wildman–Crippen LogP) is 5.13. The van der Waals surface area contributed by atoms with Gasteiger partial charge >= 0.3 is 0 Å². The number of carbonyl (C=O) groups is 1. The number of ether oxygens (including phenoxy) is 4. The van der Waals surface area contributed by atoms with Gasteiger partial charge < -0.3 is 30.0 Å². The van der Waals surface area contributed by atoms with Crippen LogP contribution in [0.5, 0.6) is 23.0 Å². The van der Waals surface area contributed by atoms with E-state index in [4.69, 9.17) is 24.7 Å². The number of benzene rings is 3. The van der Waals surface area contributed by atoms with Crippen LogP contribution < -0.4 is 30.0 Å². The maximum absolute atomic E-state index is 12.4. The Morgan fingerprint density at radius 1 is 0.735 bits per heavy atom. The molecule has 0 aromatic heterocycles. The third-order valence-corrected chi connectivity index (χ3v) is 4.99. The van der Waals surface area contributed by atoms with Gasteiger partial charge in [-0.1, -0.05) is 30.4 Å². The number of nitrogens with one attached hydrogen (secondary N) is 1. The maximum atomic E-state index is 12.4. The third kappa shape index (κ3) is 6.10. The summed E-state index contributed by atoms with van der Waals surface area (Å²) in [6.45, 7) is 0. The highest BCUT2D eigenvalue weighted by atomic mass is 16.5. The molecule has 3 N–H and O–H groups in total. The molecule has 0 fully saturated rings. The number of anilines is 2. The van der Waals surface area contributed by atoms with Crippen LogP contribution in [0.3, 0.4) is 0 Å². The quantitative estimate of drug-likeness (QED) is 0.261. The summed E-state index contributed by atoms with van der Waals surface area (Å²) in [6, 6.07) is 16.6. The first kappa shape index (κ1) is 24.3. The lowest BCUT2D eigenvalue weighted by Gasteiger charge is -2.12. The van der Waals surface area contributed by atoms with Crippen molar-refractivity contribution in [2.24, 2.45) is 0 Å². The van der Waals surface area contributed by atoms with Gasteiger partial charge in [-0.05, 0) is 59.2 Å². The highest BCUT2D eigenvalue weighted by Gasteiger charge is 2.12. The molecule has 0 radical (unpaired) electrons. The van der Waals surface area contributed by atoms with E-state index in [9.17, 15) is 4.79 Å². The van der Waals surface area contributed by atoms with Crippen molar-refractivity contribution in [2.75, 3.05) is 39.5 Å². The molecule has 0 bridgehead atoms.